The highest BCUT2D eigenvalue weighted by Gasteiger charge is 2.18. The van der Waals surface area contributed by atoms with Crippen molar-refractivity contribution in [2.75, 3.05) is 13.2 Å². The molecule has 1 aliphatic rings. The predicted octanol–water partition coefficient (Wildman–Crippen LogP) is 0.980. The number of nitrogens with one attached hydrogen (secondary N) is 1. The number of carboxylic acid groups (broad SMARTS) is 1. The summed E-state index contributed by atoms with van der Waals surface area (Å²) in [6, 6.07) is 4.43. The van der Waals surface area contributed by atoms with Crippen molar-refractivity contribution in [2.24, 2.45) is 0 Å². The lowest BCUT2D eigenvalue weighted by Gasteiger charge is -2.19. The first-order chi connectivity index (χ1) is 9.60. The molecule has 1 aromatic rings. The standard InChI is InChI=1S/C14H17NO5/c1-2-10(14(17)18)15-13(16)8-9-3-4-11-12(7-9)20-6-5-19-11/h3-4,7,10H,2,5-6,8H2,1H3,(H,15,16)(H,17,18)/t10-/m0/s1. The molecule has 1 heterocycles. The van der Waals surface area contributed by atoms with Gasteiger partial charge >= 0.3 is 5.97 Å². The van der Waals surface area contributed by atoms with Crippen LogP contribution in [0, 0.1) is 0 Å². The minimum absolute atomic E-state index is 0.112. The molecule has 1 aromatic carbocycles. The van der Waals surface area contributed by atoms with E-state index in [1.54, 1.807) is 25.1 Å². The number of benzene rings is 1. The molecule has 0 aliphatic carbocycles. The van der Waals surface area contributed by atoms with Crippen LogP contribution in [-0.2, 0) is 16.0 Å². The normalized spacial score (nSPS) is 14.4. The molecule has 6 heteroatoms. The Bertz CT molecular complexity index is 514. The first-order valence-corrected chi connectivity index (χ1v) is 6.51. The fourth-order valence-corrected chi connectivity index (χ4v) is 1.97. The van der Waals surface area contributed by atoms with E-state index in [2.05, 4.69) is 5.32 Å². The highest BCUT2D eigenvalue weighted by molar-refractivity contribution is 5.84. The van der Waals surface area contributed by atoms with E-state index in [-0.39, 0.29) is 12.3 Å². The third-order valence-corrected chi connectivity index (χ3v) is 3.01. The third-order valence-electron chi connectivity index (χ3n) is 3.01. The molecule has 0 bridgehead atoms. The number of fused-ring (bicyclic) bond motifs is 1. The molecule has 0 saturated heterocycles. The van der Waals surface area contributed by atoms with Crippen LogP contribution in [0.25, 0.3) is 0 Å². The molecule has 2 N–H and O–H groups in total. The molecule has 0 saturated carbocycles. The van der Waals surface area contributed by atoms with E-state index < -0.39 is 12.0 Å². The van der Waals surface area contributed by atoms with Crippen molar-refractivity contribution < 1.29 is 24.2 Å². The quantitative estimate of drug-likeness (QED) is 0.839. The second kappa shape index (κ2) is 6.27. The average Bonchev–Trinajstić information content (AvgIpc) is 2.44. The minimum Gasteiger partial charge on any atom is -0.486 e. The van der Waals surface area contributed by atoms with Crippen molar-refractivity contribution in [2.45, 2.75) is 25.8 Å². The number of hydrogen-bond acceptors (Lipinski definition) is 4. The van der Waals surface area contributed by atoms with Crippen LogP contribution in [0.2, 0.25) is 0 Å². The maximum atomic E-state index is 11.8. The lowest BCUT2D eigenvalue weighted by molar-refractivity contribution is -0.141. The van der Waals surface area contributed by atoms with Crippen LogP contribution in [0.5, 0.6) is 11.5 Å². The Morgan fingerprint density at radius 1 is 1.30 bits per heavy atom. The number of rotatable bonds is 5. The number of aliphatic carboxylic acids is 1. The number of hydrogen-bond donors (Lipinski definition) is 2. The average molecular weight is 279 g/mol. The summed E-state index contributed by atoms with van der Waals surface area (Å²) in [6.07, 6.45) is 0.461. The fraction of sp³-hybridized carbons (Fsp3) is 0.429. The smallest absolute Gasteiger partial charge is 0.326 e. The van der Waals surface area contributed by atoms with E-state index >= 15 is 0 Å². The molecule has 0 unspecified atom stereocenters. The Hall–Kier alpha value is -2.24. The van der Waals surface area contributed by atoms with Gasteiger partial charge < -0.3 is 19.9 Å². The Labute approximate surface area is 116 Å². The molecule has 1 aliphatic heterocycles. The van der Waals surface area contributed by atoms with E-state index in [1.165, 1.54) is 0 Å². The van der Waals surface area contributed by atoms with Crippen LogP contribution in [-0.4, -0.2) is 36.2 Å². The lowest BCUT2D eigenvalue weighted by atomic mass is 10.1. The van der Waals surface area contributed by atoms with E-state index in [0.29, 0.717) is 31.1 Å². The molecule has 2 rings (SSSR count). The zero-order valence-electron chi connectivity index (χ0n) is 11.2. The maximum absolute atomic E-state index is 11.8. The molecule has 0 aromatic heterocycles. The molecule has 1 atom stereocenters. The highest BCUT2D eigenvalue weighted by Crippen LogP contribution is 2.30. The van der Waals surface area contributed by atoms with Gasteiger partial charge in [0.1, 0.15) is 19.3 Å². The van der Waals surface area contributed by atoms with Crippen LogP contribution >= 0.6 is 0 Å². The summed E-state index contributed by atoms with van der Waals surface area (Å²) in [4.78, 5) is 22.7. The number of carbonyl (C=O) groups excluding carboxylic acids is 1. The second-order valence-corrected chi connectivity index (χ2v) is 4.52. The Morgan fingerprint density at radius 2 is 2.00 bits per heavy atom. The molecular weight excluding hydrogens is 262 g/mol. The van der Waals surface area contributed by atoms with Crippen LogP contribution in [0.15, 0.2) is 18.2 Å². The molecule has 0 spiro atoms. The van der Waals surface area contributed by atoms with E-state index in [0.717, 1.165) is 5.56 Å². The Kier molecular flexibility index (Phi) is 4.45. The first-order valence-electron chi connectivity index (χ1n) is 6.51. The number of carbonyl (C=O) groups is 2. The Morgan fingerprint density at radius 3 is 2.65 bits per heavy atom. The van der Waals surface area contributed by atoms with Gasteiger partial charge in [-0.3, -0.25) is 4.79 Å². The first kappa shape index (κ1) is 14.2. The van der Waals surface area contributed by atoms with E-state index in [1.807, 2.05) is 0 Å². The molecule has 6 nitrogen and oxygen atoms in total. The predicted molar refractivity (Wildman–Crippen MR) is 71.0 cm³/mol. The molecule has 0 radical (unpaired) electrons. The van der Waals surface area contributed by atoms with Crippen molar-refractivity contribution >= 4 is 11.9 Å². The van der Waals surface area contributed by atoms with Gasteiger partial charge in [-0.15, -0.1) is 0 Å². The monoisotopic (exact) mass is 279 g/mol. The van der Waals surface area contributed by atoms with Gasteiger partial charge in [0.15, 0.2) is 11.5 Å². The summed E-state index contributed by atoms with van der Waals surface area (Å²) in [6.45, 7) is 2.71. The molecule has 1 amide bonds. The largest absolute Gasteiger partial charge is 0.486 e. The van der Waals surface area contributed by atoms with Gasteiger partial charge in [-0.25, -0.2) is 4.79 Å². The molecule has 20 heavy (non-hydrogen) atoms. The topological polar surface area (TPSA) is 84.9 Å². The van der Waals surface area contributed by atoms with Crippen LogP contribution in [0.3, 0.4) is 0 Å². The van der Waals surface area contributed by atoms with Crippen LogP contribution in [0.4, 0.5) is 0 Å². The lowest BCUT2D eigenvalue weighted by Crippen LogP contribution is -2.40. The van der Waals surface area contributed by atoms with Gasteiger partial charge in [0.2, 0.25) is 5.91 Å². The molecular formula is C14H17NO5. The minimum atomic E-state index is -1.02. The summed E-state index contributed by atoms with van der Waals surface area (Å²) in [5.41, 5.74) is 0.756. The Balaban J connectivity index is 1.99. The highest BCUT2D eigenvalue weighted by atomic mass is 16.6. The second-order valence-electron chi connectivity index (χ2n) is 4.52. The van der Waals surface area contributed by atoms with E-state index in [9.17, 15) is 9.59 Å². The van der Waals surface area contributed by atoms with Crippen molar-refractivity contribution in [3.63, 3.8) is 0 Å². The van der Waals surface area contributed by atoms with E-state index in [4.69, 9.17) is 14.6 Å². The van der Waals surface area contributed by atoms with Crippen molar-refractivity contribution in [3.8, 4) is 11.5 Å². The summed E-state index contributed by atoms with van der Waals surface area (Å²) < 4.78 is 10.8. The van der Waals surface area contributed by atoms with Crippen molar-refractivity contribution in [1.29, 1.82) is 0 Å². The maximum Gasteiger partial charge on any atom is 0.326 e. The number of amides is 1. The zero-order valence-corrected chi connectivity index (χ0v) is 11.2. The molecule has 108 valence electrons. The fourth-order valence-electron chi connectivity index (χ4n) is 1.97. The molecule has 0 fully saturated rings. The number of carboxylic acids is 1. The summed E-state index contributed by atoms with van der Waals surface area (Å²) in [5.74, 6) is -0.0665. The van der Waals surface area contributed by atoms with Gasteiger partial charge in [-0.05, 0) is 24.1 Å². The van der Waals surface area contributed by atoms with Gasteiger partial charge in [0.05, 0.1) is 6.42 Å². The number of ether oxygens (including phenoxy) is 2. The zero-order chi connectivity index (χ0) is 14.5. The van der Waals surface area contributed by atoms with Gasteiger partial charge in [0.25, 0.3) is 0 Å². The van der Waals surface area contributed by atoms with Gasteiger partial charge in [-0.1, -0.05) is 13.0 Å². The summed E-state index contributed by atoms with van der Waals surface area (Å²) >= 11 is 0. The van der Waals surface area contributed by atoms with Crippen LogP contribution < -0.4 is 14.8 Å². The van der Waals surface area contributed by atoms with Crippen molar-refractivity contribution in [3.05, 3.63) is 23.8 Å². The van der Waals surface area contributed by atoms with Gasteiger partial charge in [-0.2, -0.15) is 0 Å². The van der Waals surface area contributed by atoms with Gasteiger partial charge in [0, 0.05) is 0 Å². The van der Waals surface area contributed by atoms with Crippen molar-refractivity contribution in [1.82, 2.24) is 5.32 Å². The SMILES string of the molecule is CC[C@H](NC(=O)Cc1ccc2c(c1)OCCO2)C(=O)O. The van der Waals surface area contributed by atoms with Crippen LogP contribution in [0.1, 0.15) is 18.9 Å². The summed E-state index contributed by atoms with van der Waals surface area (Å²) in [5, 5.41) is 11.4. The summed E-state index contributed by atoms with van der Waals surface area (Å²) in [7, 11) is 0. The third kappa shape index (κ3) is 3.40.